The minimum Gasteiger partial charge on any atom is -0.447 e. The number of unbranched alkanes of at least 4 members (excludes halogenated alkanes) is 3. The number of benzene rings is 3. The molecule has 1 heterocycles. The monoisotopic (exact) mass is 547 g/mol. The van der Waals surface area contributed by atoms with Crippen LogP contribution in [0.15, 0.2) is 60.7 Å². The fourth-order valence-corrected chi connectivity index (χ4v) is 5.65. The minimum atomic E-state index is -0.586. The van der Waals surface area contributed by atoms with Crippen molar-refractivity contribution in [3.63, 3.8) is 0 Å². The van der Waals surface area contributed by atoms with Crippen molar-refractivity contribution < 1.29 is 23.1 Å². The van der Waals surface area contributed by atoms with E-state index in [1.807, 2.05) is 42.5 Å². The molecule has 0 bridgehead atoms. The molecule has 2 atom stereocenters. The van der Waals surface area contributed by atoms with E-state index < -0.39 is 12.0 Å². The number of amides is 2. The second kappa shape index (κ2) is 13.7. The average molecular weight is 548 g/mol. The number of halogens is 2. The molecule has 4 rings (SSSR count). The maximum atomic E-state index is 14.3. The van der Waals surface area contributed by atoms with Gasteiger partial charge in [0.2, 0.25) is 5.91 Å². The summed E-state index contributed by atoms with van der Waals surface area (Å²) in [5, 5.41) is 0. The van der Waals surface area contributed by atoms with Crippen LogP contribution < -0.4 is 0 Å². The number of carbonyl (C=O) groups excluding carboxylic acids is 2. The zero-order valence-electron chi connectivity index (χ0n) is 23.7. The number of ether oxygens (including phenoxy) is 1. The van der Waals surface area contributed by atoms with Gasteiger partial charge in [-0.25, -0.2) is 18.5 Å². The smallest absolute Gasteiger partial charge is 0.416 e. The summed E-state index contributed by atoms with van der Waals surface area (Å²) in [7, 11) is 0. The maximum absolute atomic E-state index is 14.3. The van der Waals surface area contributed by atoms with Crippen molar-refractivity contribution in [3.05, 3.63) is 106 Å². The van der Waals surface area contributed by atoms with Gasteiger partial charge in [-0.05, 0) is 92.3 Å². The van der Waals surface area contributed by atoms with Crippen molar-refractivity contribution in [3.8, 4) is 0 Å². The Kier molecular flexibility index (Phi) is 10.1. The lowest BCUT2D eigenvalue weighted by Crippen LogP contribution is -2.44. The van der Waals surface area contributed by atoms with E-state index in [1.54, 1.807) is 32.9 Å². The van der Waals surface area contributed by atoms with Crippen molar-refractivity contribution in [2.24, 2.45) is 5.92 Å². The van der Waals surface area contributed by atoms with E-state index in [0.717, 1.165) is 48.8 Å². The van der Waals surface area contributed by atoms with E-state index in [9.17, 15) is 18.4 Å². The van der Waals surface area contributed by atoms with Crippen LogP contribution in [0.5, 0.6) is 0 Å². The first-order chi connectivity index (χ1) is 19.2. The van der Waals surface area contributed by atoms with Gasteiger partial charge in [-0.15, -0.1) is 0 Å². The van der Waals surface area contributed by atoms with Crippen LogP contribution >= 0.6 is 0 Å². The summed E-state index contributed by atoms with van der Waals surface area (Å²) in [4.78, 5) is 27.9. The number of hydrogen-bond donors (Lipinski definition) is 0. The van der Waals surface area contributed by atoms with Crippen LogP contribution in [0.2, 0.25) is 0 Å². The molecule has 4 nitrogen and oxygen atoms in total. The SMILES string of the molecule is Cc1cc(CCCCCCC(Cc2cc(C)c(F)c(C)c2)C(=O)N2C(=O)OCC2Cc2ccccc2)ccc1F. The zero-order valence-corrected chi connectivity index (χ0v) is 23.7. The number of aryl methyl sites for hydroxylation is 4. The van der Waals surface area contributed by atoms with Crippen molar-refractivity contribution in [2.75, 3.05) is 6.61 Å². The van der Waals surface area contributed by atoms with Gasteiger partial charge in [-0.1, -0.05) is 73.9 Å². The van der Waals surface area contributed by atoms with Crippen LogP contribution in [0.1, 0.15) is 65.5 Å². The summed E-state index contributed by atoms with van der Waals surface area (Å²) in [6.45, 7) is 5.43. The molecule has 40 heavy (non-hydrogen) atoms. The molecule has 0 spiro atoms. The van der Waals surface area contributed by atoms with Gasteiger partial charge in [0.15, 0.2) is 0 Å². The van der Waals surface area contributed by atoms with Crippen molar-refractivity contribution in [1.82, 2.24) is 4.90 Å². The van der Waals surface area contributed by atoms with Crippen LogP contribution in [0.25, 0.3) is 0 Å². The Balaban J connectivity index is 1.41. The van der Waals surface area contributed by atoms with Gasteiger partial charge in [0.1, 0.15) is 18.2 Å². The van der Waals surface area contributed by atoms with E-state index in [2.05, 4.69) is 0 Å². The number of nitrogens with zero attached hydrogens (tertiary/aromatic N) is 1. The normalized spacial score (nSPS) is 15.8. The van der Waals surface area contributed by atoms with Crippen LogP contribution in [0.3, 0.4) is 0 Å². The zero-order chi connectivity index (χ0) is 28.6. The molecule has 0 saturated carbocycles. The number of hydrogen-bond acceptors (Lipinski definition) is 3. The molecule has 1 saturated heterocycles. The van der Waals surface area contributed by atoms with Gasteiger partial charge in [0, 0.05) is 5.92 Å². The van der Waals surface area contributed by atoms with E-state index in [-0.39, 0.29) is 30.2 Å². The fourth-order valence-electron chi connectivity index (χ4n) is 5.65. The molecule has 0 radical (unpaired) electrons. The third kappa shape index (κ3) is 7.56. The summed E-state index contributed by atoms with van der Waals surface area (Å²) in [6, 6.07) is 18.3. The van der Waals surface area contributed by atoms with Gasteiger partial charge in [-0.2, -0.15) is 0 Å². The lowest BCUT2D eigenvalue weighted by atomic mass is 9.90. The van der Waals surface area contributed by atoms with Gasteiger partial charge in [0.05, 0.1) is 6.04 Å². The molecule has 212 valence electrons. The van der Waals surface area contributed by atoms with Crippen molar-refractivity contribution in [2.45, 2.75) is 78.2 Å². The quantitative estimate of drug-likeness (QED) is 0.217. The lowest BCUT2D eigenvalue weighted by Gasteiger charge is -2.25. The highest BCUT2D eigenvalue weighted by Crippen LogP contribution is 2.27. The molecule has 2 unspecified atom stereocenters. The standard InChI is InChI=1S/C34H39F2NO3/c1-23-17-27(15-16-31(23)35)13-7-4-5-10-14-29(20-28-18-24(2)32(36)25(3)19-28)33(38)37-30(22-40-34(37)39)21-26-11-8-6-9-12-26/h6,8-9,11-12,15-19,29-30H,4-5,7,10,13-14,20-22H2,1-3H3. The molecule has 3 aromatic carbocycles. The molecule has 2 amide bonds. The van der Waals surface area contributed by atoms with Crippen LogP contribution in [0.4, 0.5) is 13.6 Å². The predicted molar refractivity (Wildman–Crippen MR) is 153 cm³/mol. The Morgan fingerprint density at radius 3 is 2.25 bits per heavy atom. The molecular weight excluding hydrogens is 508 g/mol. The second-order valence-corrected chi connectivity index (χ2v) is 11.1. The van der Waals surface area contributed by atoms with Gasteiger partial charge in [0.25, 0.3) is 0 Å². The number of carbonyl (C=O) groups is 2. The topological polar surface area (TPSA) is 46.6 Å². The minimum absolute atomic E-state index is 0.182. The van der Waals surface area contributed by atoms with Gasteiger partial charge in [-0.3, -0.25) is 4.79 Å². The Morgan fingerprint density at radius 1 is 0.875 bits per heavy atom. The second-order valence-electron chi connectivity index (χ2n) is 11.1. The number of rotatable bonds is 12. The van der Waals surface area contributed by atoms with Crippen molar-refractivity contribution in [1.29, 1.82) is 0 Å². The summed E-state index contributed by atoms with van der Waals surface area (Å²) in [5.41, 5.74) is 4.84. The third-order valence-electron chi connectivity index (χ3n) is 7.83. The summed E-state index contributed by atoms with van der Waals surface area (Å²) < 4.78 is 33.2. The third-order valence-corrected chi connectivity index (χ3v) is 7.83. The average Bonchev–Trinajstić information content (AvgIpc) is 3.30. The molecule has 0 aliphatic carbocycles. The molecule has 3 aromatic rings. The highest BCUT2D eigenvalue weighted by molar-refractivity contribution is 5.95. The van der Waals surface area contributed by atoms with E-state index in [0.29, 0.717) is 36.0 Å². The molecule has 1 aliphatic heterocycles. The highest BCUT2D eigenvalue weighted by Gasteiger charge is 2.40. The Bertz CT molecular complexity index is 1300. The summed E-state index contributed by atoms with van der Waals surface area (Å²) >= 11 is 0. The van der Waals surface area contributed by atoms with Gasteiger partial charge >= 0.3 is 6.09 Å². The van der Waals surface area contributed by atoms with Crippen molar-refractivity contribution >= 4 is 12.0 Å². The van der Waals surface area contributed by atoms with E-state index in [4.69, 9.17) is 4.74 Å². The highest BCUT2D eigenvalue weighted by atomic mass is 19.1. The fraction of sp³-hybridized carbons (Fsp3) is 0.412. The molecule has 6 heteroatoms. The largest absolute Gasteiger partial charge is 0.447 e. The maximum Gasteiger partial charge on any atom is 0.416 e. The first-order valence-corrected chi connectivity index (χ1v) is 14.3. The van der Waals surface area contributed by atoms with Gasteiger partial charge < -0.3 is 4.74 Å². The van der Waals surface area contributed by atoms with E-state index >= 15 is 0 Å². The summed E-state index contributed by atoms with van der Waals surface area (Å²) in [6.07, 6.45) is 5.68. The van der Waals surface area contributed by atoms with Crippen LogP contribution in [-0.2, 0) is 28.8 Å². The lowest BCUT2D eigenvalue weighted by molar-refractivity contribution is -0.133. The predicted octanol–water partition coefficient (Wildman–Crippen LogP) is 7.83. The van der Waals surface area contributed by atoms with E-state index in [1.165, 1.54) is 11.0 Å². The molecular formula is C34H39F2NO3. The summed E-state index contributed by atoms with van der Waals surface area (Å²) in [5.74, 6) is -1.04. The molecule has 1 aliphatic rings. The molecule has 0 N–H and O–H groups in total. The Labute approximate surface area is 236 Å². The van der Waals surface area contributed by atoms with Crippen LogP contribution in [0, 0.1) is 38.3 Å². The van der Waals surface area contributed by atoms with Crippen LogP contribution in [-0.4, -0.2) is 29.5 Å². The Hall–Kier alpha value is -3.54. The first kappa shape index (κ1) is 29.4. The first-order valence-electron chi connectivity index (χ1n) is 14.3. The Morgan fingerprint density at radius 2 is 1.55 bits per heavy atom. The number of cyclic esters (lactones) is 1. The number of imide groups is 1. The molecule has 0 aromatic heterocycles. The molecule has 1 fully saturated rings.